The van der Waals surface area contributed by atoms with E-state index in [0.717, 1.165) is 22.7 Å². The molecule has 6 heteroatoms. The Bertz CT molecular complexity index is 561. The van der Waals surface area contributed by atoms with E-state index in [1.807, 2.05) is 25.2 Å². The van der Waals surface area contributed by atoms with Gasteiger partial charge in [-0.25, -0.2) is 9.97 Å². The van der Waals surface area contributed by atoms with Crippen LogP contribution in [0.1, 0.15) is 5.56 Å². The zero-order valence-corrected chi connectivity index (χ0v) is 13.0. The molecule has 3 N–H and O–H groups in total. The number of hydrogen-bond acceptors (Lipinski definition) is 5. The van der Waals surface area contributed by atoms with E-state index in [1.54, 1.807) is 6.33 Å². The molecule has 0 bridgehead atoms. The lowest BCUT2D eigenvalue weighted by atomic mass is 10.2. The highest BCUT2D eigenvalue weighted by Gasteiger charge is 2.05. The number of nitrogens with two attached hydrogens (primary N) is 1. The second-order valence-electron chi connectivity index (χ2n) is 4.46. The van der Waals surface area contributed by atoms with E-state index in [-0.39, 0.29) is 0 Å². The highest BCUT2D eigenvalue weighted by atomic mass is 79.9. The van der Waals surface area contributed by atoms with Gasteiger partial charge in [-0.1, -0.05) is 28.1 Å². The average molecular weight is 336 g/mol. The van der Waals surface area contributed by atoms with Crippen molar-refractivity contribution in [1.29, 1.82) is 0 Å². The molecule has 0 atom stereocenters. The fourth-order valence-corrected chi connectivity index (χ4v) is 2.29. The SMILES string of the molecule is CN(Cc1cccc(Br)c1)c1cc(NCCN)ncn1. The molecule has 0 unspecified atom stereocenters. The minimum atomic E-state index is 0.577. The zero-order valence-electron chi connectivity index (χ0n) is 11.4. The molecule has 106 valence electrons. The molecule has 0 aliphatic carbocycles. The number of rotatable bonds is 6. The smallest absolute Gasteiger partial charge is 0.134 e. The molecule has 20 heavy (non-hydrogen) atoms. The Morgan fingerprint density at radius 3 is 2.90 bits per heavy atom. The van der Waals surface area contributed by atoms with Crippen LogP contribution in [-0.2, 0) is 6.54 Å². The quantitative estimate of drug-likeness (QED) is 0.847. The molecule has 2 aromatic rings. The van der Waals surface area contributed by atoms with Crippen molar-refractivity contribution in [3.05, 3.63) is 46.7 Å². The Hall–Kier alpha value is -1.66. The van der Waals surface area contributed by atoms with Crippen LogP contribution in [0.5, 0.6) is 0 Å². The van der Waals surface area contributed by atoms with E-state index in [0.29, 0.717) is 13.1 Å². The third-order valence-electron chi connectivity index (χ3n) is 2.80. The summed E-state index contributed by atoms with van der Waals surface area (Å²) in [4.78, 5) is 10.5. The van der Waals surface area contributed by atoms with Gasteiger partial charge in [-0.05, 0) is 17.7 Å². The van der Waals surface area contributed by atoms with Gasteiger partial charge in [-0.2, -0.15) is 0 Å². The maximum Gasteiger partial charge on any atom is 0.134 e. The van der Waals surface area contributed by atoms with Gasteiger partial charge < -0.3 is 16.0 Å². The lowest BCUT2D eigenvalue weighted by Gasteiger charge is -2.18. The molecular weight excluding hydrogens is 318 g/mol. The van der Waals surface area contributed by atoms with Crippen LogP contribution in [0.2, 0.25) is 0 Å². The third-order valence-corrected chi connectivity index (χ3v) is 3.30. The molecule has 2 rings (SSSR count). The maximum atomic E-state index is 5.47. The largest absolute Gasteiger partial charge is 0.369 e. The topological polar surface area (TPSA) is 67.1 Å². The number of halogens is 1. The number of hydrogen-bond donors (Lipinski definition) is 2. The molecule has 0 fully saturated rings. The molecule has 0 saturated carbocycles. The fraction of sp³-hybridized carbons (Fsp3) is 0.286. The van der Waals surface area contributed by atoms with Gasteiger partial charge in [0.1, 0.15) is 18.0 Å². The predicted molar refractivity (Wildman–Crippen MR) is 85.8 cm³/mol. The van der Waals surface area contributed by atoms with Gasteiger partial charge in [-0.3, -0.25) is 0 Å². The van der Waals surface area contributed by atoms with Crippen molar-refractivity contribution in [3.8, 4) is 0 Å². The molecule has 0 saturated heterocycles. The van der Waals surface area contributed by atoms with Gasteiger partial charge in [0.25, 0.3) is 0 Å². The second-order valence-corrected chi connectivity index (χ2v) is 5.38. The average Bonchev–Trinajstić information content (AvgIpc) is 2.45. The number of nitrogens with zero attached hydrogens (tertiary/aromatic N) is 3. The van der Waals surface area contributed by atoms with E-state index in [1.165, 1.54) is 5.56 Å². The van der Waals surface area contributed by atoms with E-state index in [9.17, 15) is 0 Å². The van der Waals surface area contributed by atoms with Crippen molar-refractivity contribution in [1.82, 2.24) is 9.97 Å². The summed E-state index contributed by atoms with van der Waals surface area (Å²) in [5, 5.41) is 3.15. The summed E-state index contributed by atoms with van der Waals surface area (Å²) in [7, 11) is 2.01. The van der Waals surface area contributed by atoms with Crippen LogP contribution in [0, 0.1) is 0 Å². The number of aromatic nitrogens is 2. The second kappa shape index (κ2) is 7.21. The van der Waals surface area contributed by atoms with Crippen LogP contribution in [0.15, 0.2) is 41.1 Å². The summed E-state index contributed by atoms with van der Waals surface area (Å²) in [6, 6.07) is 10.2. The first kappa shape index (κ1) is 14.7. The Morgan fingerprint density at radius 1 is 1.30 bits per heavy atom. The van der Waals surface area contributed by atoms with Crippen molar-refractivity contribution in [2.75, 3.05) is 30.4 Å². The van der Waals surface area contributed by atoms with E-state index < -0.39 is 0 Å². The monoisotopic (exact) mass is 335 g/mol. The Kier molecular flexibility index (Phi) is 5.31. The minimum absolute atomic E-state index is 0.577. The van der Waals surface area contributed by atoms with Gasteiger partial charge >= 0.3 is 0 Å². The molecule has 0 aliphatic rings. The van der Waals surface area contributed by atoms with Crippen LogP contribution in [0.25, 0.3) is 0 Å². The summed E-state index contributed by atoms with van der Waals surface area (Å²) >= 11 is 3.48. The Morgan fingerprint density at radius 2 is 2.15 bits per heavy atom. The molecular formula is C14H18BrN5. The summed E-state index contributed by atoms with van der Waals surface area (Å²) < 4.78 is 1.08. The summed E-state index contributed by atoms with van der Waals surface area (Å²) in [6.07, 6.45) is 1.56. The van der Waals surface area contributed by atoms with Gasteiger partial charge in [0.05, 0.1) is 0 Å². The molecule has 1 aromatic heterocycles. The molecule has 0 aliphatic heterocycles. The van der Waals surface area contributed by atoms with E-state index in [4.69, 9.17) is 5.73 Å². The number of anilines is 2. The normalized spacial score (nSPS) is 10.3. The summed E-state index contributed by atoms with van der Waals surface area (Å²) in [5.41, 5.74) is 6.69. The first-order valence-electron chi connectivity index (χ1n) is 6.40. The van der Waals surface area contributed by atoms with Crippen molar-refractivity contribution < 1.29 is 0 Å². The minimum Gasteiger partial charge on any atom is -0.369 e. The molecule has 1 aromatic carbocycles. The van der Waals surface area contributed by atoms with E-state index in [2.05, 4.69) is 48.2 Å². The van der Waals surface area contributed by atoms with Crippen LogP contribution in [0.4, 0.5) is 11.6 Å². The highest BCUT2D eigenvalue weighted by molar-refractivity contribution is 9.10. The lowest BCUT2D eigenvalue weighted by Crippen LogP contribution is -2.19. The first-order valence-corrected chi connectivity index (χ1v) is 7.20. The van der Waals surface area contributed by atoms with Crippen molar-refractivity contribution in [3.63, 3.8) is 0 Å². The molecule has 5 nitrogen and oxygen atoms in total. The molecule has 0 spiro atoms. The molecule has 1 heterocycles. The first-order chi connectivity index (χ1) is 9.69. The van der Waals surface area contributed by atoms with Crippen LogP contribution >= 0.6 is 15.9 Å². The van der Waals surface area contributed by atoms with E-state index >= 15 is 0 Å². The van der Waals surface area contributed by atoms with Crippen LogP contribution in [0.3, 0.4) is 0 Å². The van der Waals surface area contributed by atoms with Gasteiger partial charge in [0, 0.05) is 37.2 Å². The van der Waals surface area contributed by atoms with Gasteiger partial charge in [0.2, 0.25) is 0 Å². The highest BCUT2D eigenvalue weighted by Crippen LogP contribution is 2.17. The van der Waals surface area contributed by atoms with Crippen molar-refractivity contribution >= 4 is 27.6 Å². The maximum absolute atomic E-state index is 5.47. The third kappa shape index (κ3) is 4.18. The standard InChI is InChI=1S/C14H18BrN5/c1-20(9-11-3-2-4-12(15)7-11)14-8-13(17-6-5-16)18-10-19-14/h2-4,7-8,10H,5-6,9,16H2,1H3,(H,17,18,19). The molecule has 0 radical (unpaired) electrons. The Balaban J connectivity index is 2.06. The lowest BCUT2D eigenvalue weighted by molar-refractivity contribution is 0.889. The fourth-order valence-electron chi connectivity index (χ4n) is 1.84. The predicted octanol–water partition coefficient (Wildman–Crippen LogP) is 2.25. The summed E-state index contributed by atoms with van der Waals surface area (Å²) in [6.45, 7) is 2.06. The molecule has 0 amide bonds. The van der Waals surface area contributed by atoms with Crippen LogP contribution < -0.4 is 16.0 Å². The van der Waals surface area contributed by atoms with Crippen molar-refractivity contribution in [2.45, 2.75) is 6.54 Å². The van der Waals surface area contributed by atoms with Crippen molar-refractivity contribution in [2.24, 2.45) is 5.73 Å². The van der Waals surface area contributed by atoms with Crippen LogP contribution in [-0.4, -0.2) is 30.1 Å². The van der Waals surface area contributed by atoms with Gasteiger partial charge in [0.15, 0.2) is 0 Å². The zero-order chi connectivity index (χ0) is 14.4. The summed E-state index contributed by atoms with van der Waals surface area (Å²) in [5.74, 6) is 1.67. The van der Waals surface area contributed by atoms with Gasteiger partial charge in [-0.15, -0.1) is 0 Å². The Labute approximate surface area is 127 Å². The number of nitrogens with one attached hydrogen (secondary N) is 1. The number of benzene rings is 1.